The molecule has 3 nitrogen and oxygen atoms in total. The van der Waals surface area contributed by atoms with Crippen molar-refractivity contribution >= 4 is 22.5 Å². The predicted molar refractivity (Wildman–Crippen MR) is 81.9 cm³/mol. The van der Waals surface area contributed by atoms with Crippen LogP contribution in [0.3, 0.4) is 0 Å². The lowest BCUT2D eigenvalue weighted by molar-refractivity contribution is -0.115. The number of carbonyl (C=O) groups is 2. The van der Waals surface area contributed by atoms with Crippen LogP contribution in [0.25, 0.3) is 10.9 Å². The van der Waals surface area contributed by atoms with E-state index in [9.17, 15) is 9.59 Å². The molecule has 0 N–H and O–H groups in total. The number of pyridine rings is 1. The Morgan fingerprint density at radius 1 is 1.00 bits per heavy atom. The molecule has 0 saturated carbocycles. The molecule has 21 heavy (non-hydrogen) atoms. The van der Waals surface area contributed by atoms with Gasteiger partial charge in [-0.3, -0.25) is 14.6 Å². The highest BCUT2D eigenvalue weighted by Gasteiger charge is 2.23. The molecule has 0 spiro atoms. The lowest BCUT2D eigenvalue weighted by Gasteiger charge is -2.15. The largest absolute Gasteiger partial charge is 0.290 e. The molecule has 1 heterocycles. The molecule has 0 radical (unpaired) electrons. The first-order valence-electron chi connectivity index (χ1n) is 6.87. The highest BCUT2D eigenvalue weighted by molar-refractivity contribution is 6.22. The molecule has 3 heteroatoms. The van der Waals surface area contributed by atoms with Gasteiger partial charge in [-0.05, 0) is 31.6 Å². The Kier molecular flexibility index (Phi) is 3.26. The number of aromatic nitrogens is 1. The fraction of sp³-hybridized carbons (Fsp3) is 0.167. The third-order valence-corrected chi connectivity index (χ3v) is 3.97. The van der Waals surface area contributed by atoms with E-state index >= 15 is 0 Å². The van der Waals surface area contributed by atoms with Gasteiger partial charge in [0.25, 0.3) is 0 Å². The summed E-state index contributed by atoms with van der Waals surface area (Å²) >= 11 is 0. The van der Waals surface area contributed by atoms with Crippen molar-refractivity contribution in [3.63, 3.8) is 0 Å². The van der Waals surface area contributed by atoms with Gasteiger partial charge in [0, 0.05) is 34.7 Å². The SMILES string of the molecule is CC1=C(C)C(=O)C(Cc2cccc3cccnc23)=CC1=O. The van der Waals surface area contributed by atoms with Crippen molar-refractivity contribution in [2.45, 2.75) is 20.3 Å². The van der Waals surface area contributed by atoms with Gasteiger partial charge in [-0.2, -0.15) is 0 Å². The average molecular weight is 277 g/mol. The molecule has 0 aliphatic heterocycles. The highest BCUT2D eigenvalue weighted by atomic mass is 16.1. The number of Topliss-reactive ketones (excluding diaryl/α,β-unsaturated/α-hetero) is 1. The molecule has 1 aromatic carbocycles. The summed E-state index contributed by atoms with van der Waals surface area (Å²) in [6.07, 6.45) is 3.64. The second-order valence-electron chi connectivity index (χ2n) is 5.28. The molecule has 1 aromatic heterocycles. The van der Waals surface area contributed by atoms with Crippen molar-refractivity contribution in [2.24, 2.45) is 0 Å². The average Bonchev–Trinajstić information content (AvgIpc) is 2.51. The number of rotatable bonds is 2. The van der Waals surface area contributed by atoms with Gasteiger partial charge in [-0.15, -0.1) is 0 Å². The Hall–Kier alpha value is -2.55. The van der Waals surface area contributed by atoms with Crippen molar-refractivity contribution in [1.82, 2.24) is 4.98 Å². The molecule has 0 bridgehead atoms. The van der Waals surface area contributed by atoms with Gasteiger partial charge in [-0.1, -0.05) is 24.3 Å². The highest BCUT2D eigenvalue weighted by Crippen LogP contribution is 2.24. The topological polar surface area (TPSA) is 47.0 Å². The predicted octanol–water partition coefficient (Wildman–Crippen LogP) is 3.19. The molecule has 0 fully saturated rings. The van der Waals surface area contributed by atoms with Crippen LogP contribution in [-0.2, 0) is 16.0 Å². The number of nitrogens with zero attached hydrogens (tertiary/aromatic N) is 1. The monoisotopic (exact) mass is 277 g/mol. The Balaban J connectivity index is 2.02. The van der Waals surface area contributed by atoms with Gasteiger partial charge in [0.15, 0.2) is 11.6 Å². The van der Waals surface area contributed by atoms with E-state index in [4.69, 9.17) is 0 Å². The molecular weight excluding hydrogens is 262 g/mol. The quantitative estimate of drug-likeness (QED) is 0.792. The van der Waals surface area contributed by atoms with Gasteiger partial charge in [0.05, 0.1) is 5.52 Å². The third-order valence-electron chi connectivity index (χ3n) is 3.97. The van der Waals surface area contributed by atoms with Crippen LogP contribution < -0.4 is 0 Å². The summed E-state index contributed by atoms with van der Waals surface area (Å²) in [7, 11) is 0. The number of hydrogen-bond acceptors (Lipinski definition) is 3. The molecular formula is C18H15NO2. The molecule has 3 rings (SSSR count). The molecule has 2 aromatic rings. The molecule has 0 amide bonds. The van der Waals surface area contributed by atoms with E-state index in [1.807, 2.05) is 30.3 Å². The summed E-state index contributed by atoms with van der Waals surface area (Å²) < 4.78 is 0. The van der Waals surface area contributed by atoms with Crippen molar-refractivity contribution in [3.05, 3.63) is 64.9 Å². The minimum Gasteiger partial charge on any atom is -0.290 e. The number of fused-ring (bicyclic) bond motifs is 1. The maximum absolute atomic E-state index is 12.3. The van der Waals surface area contributed by atoms with Crippen molar-refractivity contribution in [3.8, 4) is 0 Å². The van der Waals surface area contributed by atoms with Crippen molar-refractivity contribution < 1.29 is 9.59 Å². The van der Waals surface area contributed by atoms with E-state index in [0.717, 1.165) is 16.5 Å². The number of ketones is 2. The summed E-state index contributed by atoms with van der Waals surface area (Å²) in [5.41, 5.74) is 3.48. The van der Waals surface area contributed by atoms with Crippen LogP contribution in [0.5, 0.6) is 0 Å². The maximum atomic E-state index is 12.3. The van der Waals surface area contributed by atoms with Gasteiger partial charge in [-0.25, -0.2) is 0 Å². The smallest absolute Gasteiger partial charge is 0.185 e. The van der Waals surface area contributed by atoms with E-state index in [1.165, 1.54) is 6.08 Å². The van der Waals surface area contributed by atoms with Crippen LogP contribution in [0.15, 0.2) is 59.3 Å². The lowest BCUT2D eigenvalue weighted by Crippen LogP contribution is -2.18. The Labute approximate surface area is 123 Å². The molecule has 1 aliphatic carbocycles. The van der Waals surface area contributed by atoms with Crippen LogP contribution in [-0.4, -0.2) is 16.6 Å². The van der Waals surface area contributed by atoms with Gasteiger partial charge in [0.1, 0.15) is 0 Å². The first-order valence-corrected chi connectivity index (χ1v) is 6.87. The summed E-state index contributed by atoms with van der Waals surface area (Å²) in [5, 5.41) is 1.04. The van der Waals surface area contributed by atoms with Gasteiger partial charge < -0.3 is 0 Å². The number of allylic oxidation sites excluding steroid dienone is 4. The van der Waals surface area contributed by atoms with Crippen molar-refractivity contribution in [2.75, 3.05) is 0 Å². The zero-order chi connectivity index (χ0) is 15.0. The van der Waals surface area contributed by atoms with Crippen LogP contribution in [0.4, 0.5) is 0 Å². The Bertz CT molecular complexity index is 823. The summed E-state index contributed by atoms with van der Waals surface area (Å²) in [6.45, 7) is 3.41. The van der Waals surface area contributed by atoms with E-state index in [2.05, 4.69) is 4.98 Å². The van der Waals surface area contributed by atoms with E-state index in [0.29, 0.717) is 23.1 Å². The molecule has 0 saturated heterocycles. The second kappa shape index (κ2) is 5.09. The molecule has 104 valence electrons. The molecule has 0 unspecified atom stereocenters. The minimum absolute atomic E-state index is 0.0416. The first-order chi connectivity index (χ1) is 10.1. The molecule has 1 aliphatic rings. The number of benzene rings is 1. The van der Waals surface area contributed by atoms with E-state index in [1.54, 1.807) is 20.0 Å². The summed E-state index contributed by atoms with van der Waals surface area (Å²) in [5.74, 6) is -0.115. The lowest BCUT2D eigenvalue weighted by atomic mass is 9.87. The zero-order valence-corrected chi connectivity index (χ0v) is 12.0. The Morgan fingerprint density at radius 2 is 1.76 bits per heavy atom. The van der Waals surface area contributed by atoms with Crippen LogP contribution in [0, 0.1) is 0 Å². The summed E-state index contributed by atoms with van der Waals surface area (Å²) in [6, 6.07) is 9.76. The van der Waals surface area contributed by atoms with E-state index in [-0.39, 0.29) is 11.6 Å². The number of carbonyl (C=O) groups excluding carboxylic acids is 2. The van der Waals surface area contributed by atoms with Gasteiger partial charge in [0.2, 0.25) is 0 Å². The van der Waals surface area contributed by atoms with Crippen LogP contribution in [0.1, 0.15) is 19.4 Å². The second-order valence-corrected chi connectivity index (χ2v) is 5.28. The summed E-state index contributed by atoms with van der Waals surface area (Å²) in [4.78, 5) is 28.6. The van der Waals surface area contributed by atoms with Crippen LogP contribution in [0.2, 0.25) is 0 Å². The van der Waals surface area contributed by atoms with E-state index < -0.39 is 0 Å². The normalized spacial score (nSPS) is 15.6. The standard InChI is InChI=1S/C18H15NO2/c1-11-12(2)18(21)15(10-16(11)20)9-14-6-3-5-13-7-4-8-19-17(13)14/h3-8,10H,9H2,1-2H3. The maximum Gasteiger partial charge on any atom is 0.185 e. The zero-order valence-electron chi connectivity index (χ0n) is 12.0. The van der Waals surface area contributed by atoms with Crippen molar-refractivity contribution in [1.29, 1.82) is 0 Å². The minimum atomic E-state index is -0.0738. The third kappa shape index (κ3) is 2.31. The van der Waals surface area contributed by atoms with Gasteiger partial charge >= 0.3 is 0 Å². The fourth-order valence-corrected chi connectivity index (χ4v) is 2.57. The Morgan fingerprint density at radius 3 is 2.57 bits per heavy atom. The number of hydrogen-bond donors (Lipinski definition) is 0. The fourth-order valence-electron chi connectivity index (χ4n) is 2.57. The molecule has 0 atom stereocenters. The number of para-hydroxylation sites is 1. The van der Waals surface area contributed by atoms with Crippen LogP contribution >= 0.6 is 0 Å². The first kappa shape index (κ1) is 13.4.